The van der Waals surface area contributed by atoms with Gasteiger partial charge in [-0.25, -0.2) is 4.79 Å². The lowest BCUT2D eigenvalue weighted by molar-refractivity contribution is 0.0697. The molecule has 138 valence electrons. The van der Waals surface area contributed by atoms with Gasteiger partial charge in [0.1, 0.15) is 6.04 Å². The maximum Gasteiger partial charge on any atom is 0.337 e. The number of fused-ring (bicyclic) bond motifs is 3. The molecule has 2 aliphatic rings. The summed E-state index contributed by atoms with van der Waals surface area (Å²) in [6.45, 7) is 2.21. The second-order valence-corrected chi connectivity index (χ2v) is 6.67. The average Bonchev–Trinajstić information content (AvgIpc) is 2.82. The van der Waals surface area contributed by atoms with Crippen LogP contribution < -0.4 is 15.5 Å². The molecule has 7 nitrogen and oxygen atoms in total. The molecule has 3 N–H and O–H groups in total. The first-order valence-corrected chi connectivity index (χ1v) is 8.85. The molecule has 2 aromatic carbocycles. The van der Waals surface area contributed by atoms with Crippen molar-refractivity contribution in [2.24, 2.45) is 0 Å². The maximum absolute atomic E-state index is 12.7. The van der Waals surface area contributed by atoms with Gasteiger partial charge in [-0.1, -0.05) is 12.1 Å². The van der Waals surface area contributed by atoms with E-state index in [1.807, 2.05) is 0 Å². The molecule has 1 atom stereocenters. The van der Waals surface area contributed by atoms with Crippen LogP contribution in [0.1, 0.15) is 37.5 Å². The van der Waals surface area contributed by atoms with E-state index in [4.69, 9.17) is 0 Å². The van der Waals surface area contributed by atoms with E-state index < -0.39 is 11.9 Å². The Labute approximate surface area is 156 Å². The first-order chi connectivity index (χ1) is 13.1. The smallest absolute Gasteiger partial charge is 0.337 e. The van der Waals surface area contributed by atoms with E-state index in [0.717, 1.165) is 25.2 Å². The summed E-state index contributed by atoms with van der Waals surface area (Å²) < 4.78 is 0. The summed E-state index contributed by atoms with van der Waals surface area (Å²) in [6.07, 6.45) is 0.922. The summed E-state index contributed by atoms with van der Waals surface area (Å²) in [4.78, 5) is 38.7. The van der Waals surface area contributed by atoms with Gasteiger partial charge in [-0.2, -0.15) is 0 Å². The van der Waals surface area contributed by atoms with Gasteiger partial charge in [-0.05, 0) is 43.3 Å². The van der Waals surface area contributed by atoms with Crippen LogP contribution in [0.4, 0.5) is 11.4 Å². The number of Topliss-reactive ketones (excluding diaryl/α,β-unsaturated/α-hetero) is 1. The highest BCUT2D eigenvalue weighted by atomic mass is 16.4. The van der Waals surface area contributed by atoms with Crippen LogP contribution in [0.15, 0.2) is 42.5 Å². The third-order valence-corrected chi connectivity index (χ3v) is 5.01. The Morgan fingerprint density at radius 3 is 2.81 bits per heavy atom. The van der Waals surface area contributed by atoms with Gasteiger partial charge < -0.3 is 20.6 Å². The monoisotopic (exact) mass is 365 g/mol. The van der Waals surface area contributed by atoms with Crippen molar-refractivity contribution in [1.29, 1.82) is 0 Å². The normalized spacial score (nSPS) is 18.4. The van der Waals surface area contributed by atoms with Crippen molar-refractivity contribution in [3.8, 4) is 0 Å². The summed E-state index contributed by atoms with van der Waals surface area (Å²) in [5, 5.41) is 15.2. The number of carbonyl (C=O) groups excluding carboxylic acids is 2. The van der Waals surface area contributed by atoms with Crippen molar-refractivity contribution >= 4 is 29.0 Å². The first-order valence-electron chi connectivity index (χ1n) is 8.85. The lowest BCUT2D eigenvalue weighted by atomic mass is 10.1. The number of carboxylic acids is 1. The van der Waals surface area contributed by atoms with E-state index in [9.17, 15) is 19.5 Å². The van der Waals surface area contributed by atoms with E-state index in [-0.39, 0.29) is 23.1 Å². The second-order valence-electron chi connectivity index (χ2n) is 6.67. The number of ketones is 1. The highest BCUT2D eigenvalue weighted by molar-refractivity contribution is 6.14. The molecule has 0 spiro atoms. The Bertz CT molecular complexity index is 941. The quantitative estimate of drug-likeness (QED) is 0.770. The van der Waals surface area contributed by atoms with Crippen LogP contribution in [-0.4, -0.2) is 48.4 Å². The summed E-state index contributed by atoms with van der Waals surface area (Å²) in [7, 11) is 0. The van der Waals surface area contributed by atoms with Crippen LogP contribution >= 0.6 is 0 Å². The predicted molar refractivity (Wildman–Crippen MR) is 101 cm³/mol. The molecule has 1 saturated heterocycles. The van der Waals surface area contributed by atoms with Gasteiger partial charge in [0.05, 0.1) is 11.3 Å². The van der Waals surface area contributed by atoms with Crippen molar-refractivity contribution < 1.29 is 19.5 Å². The van der Waals surface area contributed by atoms with Crippen molar-refractivity contribution in [3.05, 3.63) is 59.2 Å². The van der Waals surface area contributed by atoms with E-state index in [0.29, 0.717) is 17.7 Å². The number of carbonyl (C=O) groups is 3. The Kier molecular flexibility index (Phi) is 4.37. The Hall–Kier alpha value is -3.19. The average molecular weight is 365 g/mol. The molecule has 2 aromatic rings. The minimum absolute atomic E-state index is 0.0286. The largest absolute Gasteiger partial charge is 0.478 e. The fraction of sp³-hybridized carbons (Fsp3) is 0.250. The zero-order chi connectivity index (χ0) is 19.0. The number of benzene rings is 2. The molecular weight excluding hydrogens is 346 g/mol. The van der Waals surface area contributed by atoms with Gasteiger partial charge in [-0.15, -0.1) is 0 Å². The minimum atomic E-state index is -1.11. The lowest BCUT2D eigenvalue weighted by Crippen LogP contribution is -2.40. The number of hydrogen-bond donors (Lipinski definition) is 3. The number of nitrogens with zero attached hydrogens (tertiary/aromatic N) is 1. The topological polar surface area (TPSA) is 98.7 Å². The van der Waals surface area contributed by atoms with Gasteiger partial charge in [0.15, 0.2) is 5.78 Å². The molecule has 0 radical (unpaired) electrons. The molecular formula is C20H19N3O4. The van der Waals surface area contributed by atoms with E-state index in [2.05, 4.69) is 15.5 Å². The van der Waals surface area contributed by atoms with E-state index >= 15 is 0 Å². The standard InChI is InChI=1S/C20H19N3O4/c24-18-14-7-6-12(10-16(14)23-9-3-8-21-11-17(18)23)19(25)22-15-5-2-1-4-13(15)20(26)27/h1-2,4-7,10,17,21H,3,8-9,11H2,(H,22,25)(H,26,27). The van der Waals surface area contributed by atoms with Crippen LogP contribution in [0.5, 0.6) is 0 Å². The van der Waals surface area contributed by atoms with Gasteiger partial charge >= 0.3 is 5.97 Å². The zero-order valence-corrected chi connectivity index (χ0v) is 14.6. The van der Waals surface area contributed by atoms with Crippen LogP contribution in [0.3, 0.4) is 0 Å². The Morgan fingerprint density at radius 1 is 1.19 bits per heavy atom. The molecule has 1 unspecified atom stereocenters. The van der Waals surface area contributed by atoms with Crippen LogP contribution in [0.25, 0.3) is 0 Å². The first kappa shape index (κ1) is 17.2. The number of anilines is 2. The number of aromatic carboxylic acids is 1. The van der Waals surface area contributed by atoms with Gasteiger partial charge in [0.25, 0.3) is 5.91 Å². The highest BCUT2D eigenvalue weighted by Crippen LogP contribution is 2.34. The molecule has 7 heteroatoms. The molecule has 1 amide bonds. The number of amides is 1. The SMILES string of the molecule is O=C(Nc1ccccc1C(=O)O)c1ccc2c(c1)N1CCCNCC1C2=O. The minimum Gasteiger partial charge on any atom is -0.478 e. The molecule has 0 bridgehead atoms. The van der Waals surface area contributed by atoms with Crippen LogP contribution in [-0.2, 0) is 0 Å². The highest BCUT2D eigenvalue weighted by Gasteiger charge is 2.37. The summed E-state index contributed by atoms with van der Waals surface area (Å²) in [5.41, 5.74) is 2.06. The number of carboxylic acid groups (broad SMARTS) is 1. The van der Waals surface area contributed by atoms with Gasteiger partial charge in [0.2, 0.25) is 0 Å². The van der Waals surface area contributed by atoms with E-state index in [1.54, 1.807) is 36.4 Å². The molecule has 4 rings (SSSR count). The zero-order valence-electron chi connectivity index (χ0n) is 14.6. The van der Waals surface area contributed by atoms with Crippen molar-refractivity contribution in [2.75, 3.05) is 29.9 Å². The molecule has 2 heterocycles. The lowest BCUT2D eigenvalue weighted by Gasteiger charge is -2.23. The Morgan fingerprint density at radius 2 is 2.00 bits per heavy atom. The summed E-state index contributed by atoms with van der Waals surface area (Å²) >= 11 is 0. The molecule has 1 fully saturated rings. The second kappa shape index (κ2) is 6.85. The fourth-order valence-corrected chi connectivity index (χ4v) is 3.67. The summed E-state index contributed by atoms with van der Waals surface area (Å²) in [5.74, 6) is -1.44. The number of rotatable bonds is 3. The Balaban J connectivity index is 1.63. The number of nitrogens with one attached hydrogen (secondary N) is 2. The molecule has 0 aliphatic carbocycles. The van der Waals surface area contributed by atoms with E-state index in [1.165, 1.54) is 6.07 Å². The van der Waals surface area contributed by atoms with Crippen LogP contribution in [0, 0.1) is 0 Å². The summed E-state index contributed by atoms with van der Waals surface area (Å²) in [6, 6.07) is 11.0. The van der Waals surface area contributed by atoms with Crippen molar-refractivity contribution in [3.63, 3.8) is 0 Å². The predicted octanol–water partition coefficient (Wildman–Crippen LogP) is 2.00. The molecule has 0 aromatic heterocycles. The number of hydrogen-bond acceptors (Lipinski definition) is 5. The third-order valence-electron chi connectivity index (χ3n) is 5.01. The van der Waals surface area contributed by atoms with Crippen LogP contribution in [0.2, 0.25) is 0 Å². The van der Waals surface area contributed by atoms with Gasteiger partial charge in [0, 0.05) is 29.9 Å². The van der Waals surface area contributed by atoms with Crippen molar-refractivity contribution in [2.45, 2.75) is 12.5 Å². The molecule has 2 aliphatic heterocycles. The van der Waals surface area contributed by atoms with Crippen molar-refractivity contribution in [1.82, 2.24) is 5.32 Å². The fourth-order valence-electron chi connectivity index (χ4n) is 3.67. The molecule has 27 heavy (non-hydrogen) atoms. The number of para-hydroxylation sites is 1. The maximum atomic E-state index is 12.7. The van der Waals surface area contributed by atoms with Gasteiger partial charge in [-0.3, -0.25) is 9.59 Å². The molecule has 0 saturated carbocycles. The third kappa shape index (κ3) is 3.06.